The van der Waals surface area contributed by atoms with Crippen LogP contribution in [0.3, 0.4) is 0 Å². The third-order valence-corrected chi connectivity index (χ3v) is 8.13. The number of para-hydroxylation sites is 2. The lowest BCUT2D eigenvalue weighted by molar-refractivity contribution is -0.141. The first-order valence-electron chi connectivity index (χ1n) is 13.4. The predicted octanol–water partition coefficient (Wildman–Crippen LogP) is 4.62. The van der Waals surface area contributed by atoms with Gasteiger partial charge in [0.05, 0.1) is 24.8 Å². The van der Waals surface area contributed by atoms with Crippen molar-refractivity contribution in [3.8, 4) is 11.5 Å². The Morgan fingerprint density at radius 2 is 1.49 bits per heavy atom. The summed E-state index contributed by atoms with van der Waals surface area (Å²) in [5.41, 5.74) is 0.489. The van der Waals surface area contributed by atoms with Crippen LogP contribution in [0.15, 0.2) is 83.8 Å². The SMILES string of the molecule is CC[C@H](C(=O)NC(C)(C)C)N(Cc1ccccc1)C(=O)CN(c1ccccc1OC)S(=O)(=O)c1ccc(OC)cc1. The number of carbonyl (C=O) groups is 2. The molecule has 0 aliphatic heterocycles. The van der Waals surface area contributed by atoms with E-state index >= 15 is 0 Å². The maximum absolute atomic E-state index is 14.2. The van der Waals surface area contributed by atoms with E-state index in [0.29, 0.717) is 12.2 Å². The van der Waals surface area contributed by atoms with Gasteiger partial charge in [-0.05, 0) is 69.2 Å². The average Bonchev–Trinajstić information content (AvgIpc) is 2.95. The van der Waals surface area contributed by atoms with Gasteiger partial charge in [0.25, 0.3) is 10.0 Å². The summed E-state index contributed by atoms with van der Waals surface area (Å²) in [6.07, 6.45) is 0.334. The van der Waals surface area contributed by atoms with Crippen molar-refractivity contribution in [2.24, 2.45) is 0 Å². The molecule has 1 N–H and O–H groups in total. The zero-order chi connectivity index (χ0) is 30.2. The first kappa shape index (κ1) is 31.5. The smallest absolute Gasteiger partial charge is 0.264 e. The topological polar surface area (TPSA) is 105 Å². The fourth-order valence-corrected chi connectivity index (χ4v) is 5.80. The molecule has 0 radical (unpaired) electrons. The summed E-state index contributed by atoms with van der Waals surface area (Å²) in [5, 5.41) is 2.96. The van der Waals surface area contributed by atoms with Gasteiger partial charge in [0.2, 0.25) is 11.8 Å². The van der Waals surface area contributed by atoms with Crippen molar-refractivity contribution in [3.63, 3.8) is 0 Å². The highest BCUT2D eigenvalue weighted by atomic mass is 32.2. The molecule has 0 heterocycles. The fraction of sp³-hybridized carbons (Fsp3) is 0.355. The second-order valence-electron chi connectivity index (χ2n) is 10.5. The molecule has 0 spiro atoms. The summed E-state index contributed by atoms with van der Waals surface area (Å²) < 4.78 is 39.8. The number of methoxy groups -OCH3 is 2. The number of hydrogen-bond acceptors (Lipinski definition) is 6. The monoisotopic (exact) mass is 581 g/mol. The molecule has 0 fully saturated rings. The molecule has 0 unspecified atom stereocenters. The first-order chi connectivity index (χ1) is 19.4. The van der Waals surface area contributed by atoms with Gasteiger partial charge in [0, 0.05) is 12.1 Å². The van der Waals surface area contributed by atoms with E-state index in [4.69, 9.17) is 9.47 Å². The number of rotatable bonds is 12. The van der Waals surface area contributed by atoms with Crippen LogP contribution in [0.5, 0.6) is 11.5 Å². The van der Waals surface area contributed by atoms with Crippen molar-refractivity contribution in [1.82, 2.24) is 10.2 Å². The molecule has 2 amide bonds. The fourth-order valence-electron chi connectivity index (χ4n) is 4.38. The highest BCUT2D eigenvalue weighted by Gasteiger charge is 2.35. The number of sulfonamides is 1. The second kappa shape index (κ2) is 13.5. The van der Waals surface area contributed by atoms with Gasteiger partial charge in [-0.15, -0.1) is 0 Å². The molecule has 1 atom stereocenters. The lowest BCUT2D eigenvalue weighted by atomic mass is 10.1. The Hall–Kier alpha value is -4.05. The summed E-state index contributed by atoms with van der Waals surface area (Å²) in [4.78, 5) is 29.0. The van der Waals surface area contributed by atoms with Crippen molar-refractivity contribution in [2.45, 2.75) is 57.1 Å². The average molecular weight is 582 g/mol. The molecule has 3 aromatic rings. The van der Waals surface area contributed by atoms with E-state index in [2.05, 4.69) is 5.32 Å². The summed E-state index contributed by atoms with van der Waals surface area (Å²) >= 11 is 0. The largest absolute Gasteiger partial charge is 0.497 e. The van der Waals surface area contributed by atoms with Crippen molar-refractivity contribution in [3.05, 3.63) is 84.4 Å². The van der Waals surface area contributed by atoms with Crippen LogP contribution in [0.2, 0.25) is 0 Å². The molecule has 0 bridgehead atoms. The normalized spacial score (nSPS) is 12.2. The maximum atomic E-state index is 14.2. The van der Waals surface area contributed by atoms with Gasteiger partial charge in [0.1, 0.15) is 24.1 Å². The predicted molar refractivity (Wildman–Crippen MR) is 159 cm³/mol. The van der Waals surface area contributed by atoms with Crippen molar-refractivity contribution in [1.29, 1.82) is 0 Å². The van der Waals surface area contributed by atoms with E-state index in [-0.39, 0.29) is 28.8 Å². The van der Waals surface area contributed by atoms with E-state index in [1.807, 2.05) is 58.0 Å². The third-order valence-electron chi connectivity index (χ3n) is 6.36. The van der Waals surface area contributed by atoms with E-state index in [0.717, 1.165) is 9.87 Å². The Morgan fingerprint density at radius 3 is 2.05 bits per heavy atom. The lowest BCUT2D eigenvalue weighted by Crippen LogP contribution is -2.55. The van der Waals surface area contributed by atoms with Crippen molar-refractivity contribution >= 4 is 27.5 Å². The molecule has 10 heteroatoms. The number of ether oxygens (including phenoxy) is 2. The lowest BCUT2D eigenvalue weighted by Gasteiger charge is -2.35. The number of nitrogens with one attached hydrogen (secondary N) is 1. The standard InChI is InChI=1S/C31H39N3O6S/c1-7-26(30(36)32-31(2,3)4)33(21-23-13-9-8-10-14-23)29(35)22-34(27-15-11-12-16-28(27)40-6)41(37,38)25-19-17-24(39-5)18-20-25/h8-20,26H,7,21-22H2,1-6H3,(H,32,36)/t26-/m1/s1. The second-order valence-corrected chi connectivity index (χ2v) is 12.4. The highest BCUT2D eigenvalue weighted by molar-refractivity contribution is 7.92. The molecule has 0 aromatic heterocycles. The van der Waals surface area contributed by atoms with Crippen LogP contribution in [0.4, 0.5) is 5.69 Å². The van der Waals surface area contributed by atoms with Gasteiger partial charge in [-0.3, -0.25) is 13.9 Å². The minimum atomic E-state index is -4.24. The number of benzene rings is 3. The van der Waals surface area contributed by atoms with Crippen LogP contribution in [0, 0.1) is 0 Å². The minimum Gasteiger partial charge on any atom is -0.497 e. The van der Waals surface area contributed by atoms with Crippen LogP contribution in [-0.4, -0.2) is 57.5 Å². The minimum absolute atomic E-state index is 0.0240. The zero-order valence-electron chi connectivity index (χ0n) is 24.5. The third kappa shape index (κ3) is 8.00. The molecule has 41 heavy (non-hydrogen) atoms. The molecule has 220 valence electrons. The Balaban J connectivity index is 2.10. The molecule has 3 rings (SSSR count). The first-order valence-corrected chi connectivity index (χ1v) is 14.8. The van der Waals surface area contributed by atoms with Gasteiger partial charge in [-0.2, -0.15) is 0 Å². The number of amides is 2. The summed E-state index contributed by atoms with van der Waals surface area (Å²) in [7, 11) is -1.32. The van der Waals surface area contributed by atoms with Crippen molar-refractivity contribution < 1.29 is 27.5 Å². The molecule has 0 aliphatic rings. The van der Waals surface area contributed by atoms with E-state index in [1.54, 1.807) is 36.4 Å². The van der Waals surface area contributed by atoms with Gasteiger partial charge < -0.3 is 19.7 Å². The maximum Gasteiger partial charge on any atom is 0.264 e. The Bertz CT molecular complexity index is 1420. The van der Waals surface area contributed by atoms with Crippen LogP contribution in [0.1, 0.15) is 39.7 Å². The van der Waals surface area contributed by atoms with Gasteiger partial charge in [-0.1, -0.05) is 49.4 Å². The quantitative estimate of drug-likeness (QED) is 0.335. The number of anilines is 1. The Kier molecular flexibility index (Phi) is 10.4. The van der Waals surface area contributed by atoms with Crippen LogP contribution < -0.4 is 19.1 Å². The van der Waals surface area contributed by atoms with Gasteiger partial charge in [-0.25, -0.2) is 8.42 Å². The number of carbonyl (C=O) groups excluding carboxylic acids is 2. The summed E-state index contributed by atoms with van der Waals surface area (Å²) in [5.74, 6) is -0.0723. The molecule has 3 aromatic carbocycles. The van der Waals surface area contributed by atoms with E-state index < -0.39 is 34.1 Å². The highest BCUT2D eigenvalue weighted by Crippen LogP contribution is 2.33. The molecule has 9 nitrogen and oxygen atoms in total. The van der Waals surface area contributed by atoms with E-state index in [9.17, 15) is 18.0 Å². The molecular formula is C31H39N3O6S. The van der Waals surface area contributed by atoms with Crippen molar-refractivity contribution in [2.75, 3.05) is 25.1 Å². The van der Waals surface area contributed by atoms with Crippen LogP contribution in [0.25, 0.3) is 0 Å². The van der Waals surface area contributed by atoms with Crippen LogP contribution >= 0.6 is 0 Å². The van der Waals surface area contributed by atoms with Gasteiger partial charge in [0.15, 0.2) is 0 Å². The van der Waals surface area contributed by atoms with Crippen LogP contribution in [-0.2, 0) is 26.2 Å². The molecule has 0 aliphatic carbocycles. The molecular weight excluding hydrogens is 542 g/mol. The molecule has 0 saturated carbocycles. The Labute approximate surface area is 243 Å². The summed E-state index contributed by atoms with van der Waals surface area (Å²) in [6.45, 7) is 6.99. The Morgan fingerprint density at radius 1 is 0.878 bits per heavy atom. The number of hydrogen-bond donors (Lipinski definition) is 1. The molecule has 0 saturated heterocycles. The van der Waals surface area contributed by atoms with Gasteiger partial charge >= 0.3 is 0 Å². The zero-order valence-corrected chi connectivity index (χ0v) is 25.3. The van der Waals surface area contributed by atoms with E-state index in [1.165, 1.54) is 31.3 Å². The number of nitrogens with zero attached hydrogens (tertiary/aromatic N) is 2. The summed E-state index contributed by atoms with van der Waals surface area (Å²) in [6, 6.07) is 21.0.